The fourth-order valence-electron chi connectivity index (χ4n) is 1.81. The van der Waals surface area contributed by atoms with Crippen molar-refractivity contribution in [1.29, 1.82) is 0 Å². The number of carbonyl (C=O) groups excluding carboxylic acids is 1. The number of nitrogens with one attached hydrogen (secondary N) is 2. The van der Waals surface area contributed by atoms with Gasteiger partial charge >= 0.3 is 0 Å². The Morgan fingerprint density at radius 3 is 3.00 bits per heavy atom. The number of hydrogen-bond acceptors (Lipinski definition) is 3. The zero-order chi connectivity index (χ0) is 12.5. The molecule has 0 aliphatic rings. The Balaban J connectivity index is 1.92. The van der Waals surface area contributed by atoms with Gasteiger partial charge in [-0.25, -0.2) is 0 Å². The summed E-state index contributed by atoms with van der Waals surface area (Å²) < 4.78 is 0. The second-order valence-corrected chi connectivity index (χ2v) is 5.29. The smallest absolute Gasteiger partial charge is 0.265 e. The number of aromatic nitrogens is 2. The SMILES string of the molecule is Cc1ccc(C(=O)Nc2cccc3cn[nH]c23)s1. The number of H-pyrrole nitrogens is 1. The maximum Gasteiger partial charge on any atom is 0.265 e. The number of fused-ring (bicyclic) bond motifs is 1. The molecule has 0 saturated carbocycles. The van der Waals surface area contributed by atoms with Crippen LogP contribution < -0.4 is 5.32 Å². The highest BCUT2D eigenvalue weighted by atomic mass is 32.1. The molecule has 90 valence electrons. The average Bonchev–Trinajstić information content (AvgIpc) is 2.97. The van der Waals surface area contributed by atoms with Gasteiger partial charge in [0.15, 0.2) is 0 Å². The van der Waals surface area contributed by atoms with Crippen molar-refractivity contribution >= 4 is 33.8 Å². The second-order valence-electron chi connectivity index (χ2n) is 4.00. The fraction of sp³-hybridized carbons (Fsp3) is 0.0769. The molecular weight excluding hydrogens is 246 g/mol. The molecule has 2 heterocycles. The van der Waals surface area contributed by atoms with Crippen LogP contribution in [0.3, 0.4) is 0 Å². The van der Waals surface area contributed by atoms with E-state index in [4.69, 9.17) is 0 Å². The normalized spacial score (nSPS) is 10.7. The van der Waals surface area contributed by atoms with Gasteiger partial charge in [0.1, 0.15) is 0 Å². The Hall–Kier alpha value is -2.14. The Morgan fingerprint density at radius 2 is 2.22 bits per heavy atom. The van der Waals surface area contributed by atoms with Crippen molar-refractivity contribution in [2.45, 2.75) is 6.92 Å². The molecule has 2 N–H and O–H groups in total. The zero-order valence-electron chi connectivity index (χ0n) is 9.73. The molecule has 0 spiro atoms. The molecule has 0 fully saturated rings. The molecular formula is C13H11N3OS. The third kappa shape index (κ3) is 1.89. The minimum absolute atomic E-state index is 0.0878. The third-order valence-corrected chi connectivity index (χ3v) is 3.69. The van der Waals surface area contributed by atoms with E-state index in [0.29, 0.717) is 4.88 Å². The quantitative estimate of drug-likeness (QED) is 0.740. The topological polar surface area (TPSA) is 57.8 Å². The van der Waals surface area contributed by atoms with Crippen LogP contribution >= 0.6 is 11.3 Å². The number of aromatic amines is 1. The standard InChI is InChI=1S/C13H11N3OS/c1-8-5-6-11(18-8)13(17)15-10-4-2-3-9-7-14-16-12(9)10/h2-7H,1H3,(H,14,16)(H,15,17). The maximum absolute atomic E-state index is 12.1. The third-order valence-electron chi connectivity index (χ3n) is 2.69. The van der Waals surface area contributed by atoms with Gasteiger partial charge in [-0.15, -0.1) is 11.3 Å². The van der Waals surface area contributed by atoms with Crippen LogP contribution in [0.2, 0.25) is 0 Å². The lowest BCUT2D eigenvalue weighted by Crippen LogP contribution is -2.10. The van der Waals surface area contributed by atoms with Crippen LogP contribution in [0, 0.1) is 6.92 Å². The van der Waals surface area contributed by atoms with Crippen LogP contribution in [-0.2, 0) is 0 Å². The molecule has 18 heavy (non-hydrogen) atoms. The molecule has 1 aromatic carbocycles. The number of amides is 1. The Kier molecular flexibility index (Phi) is 2.60. The molecule has 0 bridgehead atoms. The molecule has 0 saturated heterocycles. The van der Waals surface area contributed by atoms with Gasteiger partial charge < -0.3 is 5.32 Å². The molecule has 5 heteroatoms. The summed E-state index contributed by atoms with van der Waals surface area (Å²) in [5.41, 5.74) is 1.60. The number of carbonyl (C=O) groups is 1. The first-order chi connectivity index (χ1) is 8.74. The summed E-state index contributed by atoms with van der Waals surface area (Å²) >= 11 is 1.48. The van der Waals surface area contributed by atoms with E-state index in [9.17, 15) is 4.79 Å². The lowest BCUT2D eigenvalue weighted by molar-refractivity contribution is 0.103. The van der Waals surface area contributed by atoms with E-state index in [-0.39, 0.29) is 5.91 Å². The molecule has 0 aliphatic carbocycles. The van der Waals surface area contributed by atoms with Gasteiger partial charge in [-0.3, -0.25) is 9.89 Å². The molecule has 1 amide bonds. The Labute approximate surface area is 108 Å². The predicted molar refractivity (Wildman–Crippen MR) is 73.1 cm³/mol. The summed E-state index contributed by atoms with van der Waals surface area (Å²) in [6.07, 6.45) is 1.74. The van der Waals surface area contributed by atoms with Crippen molar-refractivity contribution in [1.82, 2.24) is 10.2 Å². The van der Waals surface area contributed by atoms with Crippen LogP contribution in [0.1, 0.15) is 14.5 Å². The predicted octanol–water partition coefficient (Wildman–Crippen LogP) is 3.19. The number of nitrogens with zero attached hydrogens (tertiary/aromatic N) is 1. The summed E-state index contributed by atoms with van der Waals surface area (Å²) in [7, 11) is 0. The number of anilines is 1. The molecule has 4 nitrogen and oxygen atoms in total. The lowest BCUT2D eigenvalue weighted by atomic mass is 10.2. The summed E-state index contributed by atoms with van der Waals surface area (Å²) in [5, 5.41) is 10.7. The number of para-hydroxylation sites is 1. The van der Waals surface area contributed by atoms with Crippen molar-refractivity contribution in [2.75, 3.05) is 5.32 Å². The fourth-order valence-corrected chi connectivity index (χ4v) is 2.58. The summed E-state index contributed by atoms with van der Waals surface area (Å²) in [5.74, 6) is -0.0878. The monoisotopic (exact) mass is 257 g/mol. The van der Waals surface area contributed by atoms with Gasteiger partial charge in [-0.2, -0.15) is 5.10 Å². The molecule has 0 radical (unpaired) electrons. The van der Waals surface area contributed by atoms with Gasteiger partial charge in [0.2, 0.25) is 0 Å². The van der Waals surface area contributed by atoms with Gasteiger partial charge in [-0.05, 0) is 25.1 Å². The number of thiophene rings is 1. The van der Waals surface area contributed by atoms with Crippen molar-refractivity contribution in [3.05, 3.63) is 46.3 Å². The van der Waals surface area contributed by atoms with Crippen LogP contribution in [-0.4, -0.2) is 16.1 Å². The van der Waals surface area contributed by atoms with Crippen molar-refractivity contribution in [2.24, 2.45) is 0 Å². The highest BCUT2D eigenvalue weighted by Crippen LogP contribution is 2.22. The number of hydrogen-bond donors (Lipinski definition) is 2. The van der Waals surface area contributed by atoms with E-state index in [1.807, 2.05) is 37.3 Å². The van der Waals surface area contributed by atoms with Gasteiger partial charge in [0, 0.05) is 10.3 Å². The van der Waals surface area contributed by atoms with Gasteiger partial charge in [0.05, 0.1) is 22.3 Å². The molecule has 0 aliphatic heterocycles. The Bertz CT molecular complexity index is 714. The largest absolute Gasteiger partial charge is 0.319 e. The van der Waals surface area contributed by atoms with E-state index in [2.05, 4.69) is 15.5 Å². The highest BCUT2D eigenvalue weighted by molar-refractivity contribution is 7.14. The summed E-state index contributed by atoms with van der Waals surface area (Å²) in [6, 6.07) is 9.48. The van der Waals surface area contributed by atoms with Crippen LogP contribution in [0.5, 0.6) is 0 Å². The first-order valence-electron chi connectivity index (χ1n) is 5.54. The van der Waals surface area contributed by atoms with Crippen LogP contribution in [0.15, 0.2) is 36.5 Å². The molecule has 3 aromatic rings. The average molecular weight is 257 g/mol. The van der Waals surface area contributed by atoms with Crippen molar-refractivity contribution in [3.8, 4) is 0 Å². The molecule has 0 atom stereocenters. The second kappa shape index (κ2) is 4.27. The highest BCUT2D eigenvalue weighted by Gasteiger charge is 2.10. The Morgan fingerprint density at radius 1 is 1.33 bits per heavy atom. The minimum atomic E-state index is -0.0878. The first-order valence-corrected chi connectivity index (χ1v) is 6.35. The van der Waals surface area contributed by atoms with E-state index >= 15 is 0 Å². The van der Waals surface area contributed by atoms with Crippen molar-refractivity contribution < 1.29 is 4.79 Å². The van der Waals surface area contributed by atoms with E-state index < -0.39 is 0 Å². The minimum Gasteiger partial charge on any atom is -0.319 e. The summed E-state index contributed by atoms with van der Waals surface area (Å²) in [4.78, 5) is 13.9. The van der Waals surface area contributed by atoms with Crippen molar-refractivity contribution in [3.63, 3.8) is 0 Å². The maximum atomic E-state index is 12.1. The molecule has 0 unspecified atom stereocenters. The molecule has 2 aromatic heterocycles. The van der Waals surface area contributed by atoms with Gasteiger partial charge in [-0.1, -0.05) is 12.1 Å². The number of benzene rings is 1. The number of aryl methyl sites for hydroxylation is 1. The van der Waals surface area contributed by atoms with E-state index in [1.165, 1.54) is 11.3 Å². The molecule has 3 rings (SSSR count). The lowest BCUT2D eigenvalue weighted by Gasteiger charge is -2.04. The van der Waals surface area contributed by atoms with E-state index in [0.717, 1.165) is 21.5 Å². The van der Waals surface area contributed by atoms with Crippen LogP contribution in [0.4, 0.5) is 5.69 Å². The van der Waals surface area contributed by atoms with Gasteiger partial charge in [0.25, 0.3) is 5.91 Å². The summed E-state index contributed by atoms with van der Waals surface area (Å²) in [6.45, 7) is 1.98. The zero-order valence-corrected chi connectivity index (χ0v) is 10.5. The van der Waals surface area contributed by atoms with Crippen LogP contribution in [0.25, 0.3) is 10.9 Å². The first kappa shape index (κ1) is 11.0. The van der Waals surface area contributed by atoms with E-state index in [1.54, 1.807) is 6.20 Å². The number of rotatable bonds is 2.